The Morgan fingerprint density at radius 2 is 1.40 bits per heavy atom. The molecule has 3 aromatic heterocycles. The van der Waals surface area contributed by atoms with E-state index < -0.39 is 0 Å². The van der Waals surface area contributed by atoms with Crippen LogP contribution in [0.4, 0.5) is 0 Å². The van der Waals surface area contributed by atoms with Crippen LogP contribution in [0.1, 0.15) is 0 Å². The molecular formula is C11H6N3Y-. The number of hydrogen-bond acceptors (Lipinski definition) is 3. The summed E-state index contributed by atoms with van der Waals surface area (Å²) in [6, 6.07) is 10.9. The summed E-state index contributed by atoms with van der Waals surface area (Å²) in [4.78, 5) is 12.6. The van der Waals surface area contributed by atoms with Crippen molar-refractivity contribution in [2.75, 3.05) is 0 Å². The van der Waals surface area contributed by atoms with Crippen LogP contribution in [0.15, 0.2) is 36.7 Å². The van der Waals surface area contributed by atoms with Gasteiger partial charge in [-0.25, -0.2) is 0 Å². The Labute approximate surface area is 112 Å². The zero-order chi connectivity index (χ0) is 9.38. The van der Waals surface area contributed by atoms with E-state index >= 15 is 0 Å². The van der Waals surface area contributed by atoms with Gasteiger partial charge in [0.15, 0.2) is 0 Å². The molecule has 0 spiro atoms. The molecule has 3 nitrogen and oxygen atoms in total. The predicted molar refractivity (Wildman–Crippen MR) is 53.7 cm³/mol. The Bertz CT molecular complexity index is 505. The first-order valence-corrected chi connectivity index (χ1v) is 4.32. The molecule has 3 heterocycles. The third-order valence-electron chi connectivity index (χ3n) is 2.05. The van der Waals surface area contributed by atoms with E-state index in [1.165, 1.54) is 0 Å². The molecule has 0 aromatic carbocycles. The van der Waals surface area contributed by atoms with Crippen molar-refractivity contribution in [1.82, 2.24) is 15.0 Å². The minimum Gasteiger partial charge on any atom is -0.289 e. The summed E-state index contributed by atoms with van der Waals surface area (Å²) in [5.74, 6) is 0. The first-order valence-electron chi connectivity index (χ1n) is 4.32. The summed E-state index contributed by atoms with van der Waals surface area (Å²) >= 11 is 0. The van der Waals surface area contributed by atoms with Gasteiger partial charge in [-0.15, -0.1) is 18.2 Å². The zero-order valence-corrected chi connectivity index (χ0v) is 10.7. The van der Waals surface area contributed by atoms with Crippen LogP contribution in [0.3, 0.4) is 0 Å². The van der Waals surface area contributed by atoms with Crippen LogP contribution in [-0.4, -0.2) is 15.0 Å². The largest absolute Gasteiger partial charge is 0.289 e. The van der Waals surface area contributed by atoms with Crippen molar-refractivity contribution >= 4 is 22.1 Å². The van der Waals surface area contributed by atoms with E-state index in [-0.39, 0.29) is 32.7 Å². The fourth-order valence-electron chi connectivity index (χ4n) is 1.41. The predicted octanol–water partition coefficient (Wildman–Crippen LogP) is 1.98. The van der Waals surface area contributed by atoms with E-state index in [1.54, 1.807) is 12.4 Å². The van der Waals surface area contributed by atoms with E-state index in [4.69, 9.17) is 0 Å². The minimum atomic E-state index is 0. The topological polar surface area (TPSA) is 38.7 Å². The van der Waals surface area contributed by atoms with Crippen molar-refractivity contribution in [3.8, 4) is 0 Å². The Kier molecular flexibility index (Phi) is 3.03. The molecule has 0 amide bonds. The van der Waals surface area contributed by atoms with Gasteiger partial charge in [0.2, 0.25) is 0 Å². The van der Waals surface area contributed by atoms with E-state index in [2.05, 4.69) is 21.0 Å². The standard InChI is InChI=1S/C11H6N3.Y/c1-3-8-7-9-4-2-6-13-11(9)14-10(8)12-5-1;/h1-6H;/q-1;. The third kappa shape index (κ3) is 1.90. The number of pyridine rings is 3. The molecule has 4 heteroatoms. The quantitative estimate of drug-likeness (QED) is 0.462. The monoisotopic (exact) mass is 269 g/mol. The van der Waals surface area contributed by atoms with Crippen molar-refractivity contribution in [2.45, 2.75) is 0 Å². The summed E-state index contributed by atoms with van der Waals surface area (Å²) in [7, 11) is 0. The van der Waals surface area contributed by atoms with Crippen molar-refractivity contribution < 1.29 is 32.7 Å². The third-order valence-corrected chi connectivity index (χ3v) is 2.05. The summed E-state index contributed by atoms with van der Waals surface area (Å²) < 4.78 is 0. The second kappa shape index (κ2) is 4.29. The Morgan fingerprint density at radius 1 is 0.867 bits per heavy atom. The van der Waals surface area contributed by atoms with E-state index in [9.17, 15) is 0 Å². The van der Waals surface area contributed by atoms with E-state index in [0.29, 0.717) is 11.3 Å². The summed E-state index contributed by atoms with van der Waals surface area (Å²) in [6.45, 7) is 0. The first kappa shape index (κ1) is 10.6. The molecular weight excluding hydrogens is 263 g/mol. The summed E-state index contributed by atoms with van der Waals surface area (Å²) in [5, 5.41) is 1.85. The van der Waals surface area contributed by atoms with Gasteiger partial charge in [0.1, 0.15) is 0 Å². The second-order valence-corrected chi connectivity index (χ2v) is 2.99. The van der Waals surface area contributed by atoms with Crippen LogP contribution in [0.25, 0.3) is 22.1 Å². The second-order valence-electron chi connectivity index (χ2n) is 2.99. The van der Waals surface area contributed by atoms with Gasteiger partial charge in [0.05, 0.1) is 11.3 Å². The Morgan fingerprint density at radius 3 is 1.93 bits per heavy atom. The molecule has 0 aliphatic carbocycles. The SMILES string of the molecule is [Y].[c-]1c2cccnc2nc2ncccc12. The van der Waals surface area contributed by atoms with Crippen LogP contribution < -0.4 is 0 Å². The van der Waals surface area contributed by atoms with Gasteiger partial charge in [-0.2, -0.15) is 0 Å². The summed E-state index contributed by atoms with van der Waals surface area (Å²) in [6.07, 6.45) is 3.44. The normalized spacial score (nSPS) is 10.1. The average Bonchev–Trinajstić information content (AvgIpc) is 2.26. The molecule has 0 fully saturated rings. The van der Waals surface area contributed by atoms with Crippen molar-refractivity contribution in [3.05, 3.63) is 42.7 Å². The zero-order valence-electron chi connectivity index (χ0n) is 7.88. The molecule has 0 aliphatic heterocycles. The maximum absolute atomic E-state index is 4.32. The van der Waals surface area contributed by atoms with E-state index in [0.717, 1.165) is 10.8 Å². The van der Waals surface area contributed by atoms with Crippen LogP contribution in [0.5, 0.6) is 0 Å². The summed E-state index contributed by atoms with van der Waals surface area (Å²) in [5.41, 5.74) is 1.39. The van der Waals surface area contributed by atoms with Gasteiger partial charge >= 0.3 is 0 Å². The number of aromatic nitrogens is 3. The minimum absolute atomic E-state index is 0. The molecule has 69 valence electrons. The number of fused-ring (bicyclic) bond motifs is 2. The Hall–Kier alpha value is -0.926. The van der Waals surface area contributed by atoms with Gasteiger partial charge in [-0.05, 0) is 0 Å². The van der Waals surface area contributed by atoms with Crippen molar-refractivity contribution in [1.29, 1.82) is 0 Å². The molecule has 3 aromatic rings. The van der Waals surface area contributed by atoms with E-state index in [1.807, 2.05) is 24.3 Å². The smallest absolute Gasteiger partial charge is 0.0861 e. The van der Waals surface area contributed by atoms with Crippen LogP contribution in [0.2, 0.25) is 0 Å². The average molecular weight is 269 g/mol. The molecule has 1 radical (unpaired) electrons. The first-order chi connectivity index (χ1) is 6.93. The number of nitrogens with zero attached hydrogens (tertiary/aromatic N) is 3. The molecule has 0 N–H and O–H groups in total. The van der Waals surface area contributed by atoms with Crippen molar-refractivity contribution in [3.63, 3.8) is 0 Å². The molecule has 0 unspecified atom stereocenters. The van der Waals surface area contributed by atoms with Gasteiger partial charge in [-0.1, -0.05) is 22.9 Å². The maximum atomic E-state index is 4.32. The van der Waals surface area contributed by atoms with Crippen LogP contribution >= 0.6 is 0 Å². The number of hydrogen-bond donors (Lipinski definition) is 0. The van der Waals surface area contributed by atoms with Gasteiger partial charge in [0.25, 0.3) is 0 Å². The molecule has 0 saturated carbocycles. The molecule has 0 bridgehead atoms. The maximum Gasteiger partial charge on any atom is 0.0861 e. The van der Waals surface area contributed by atoms with Crippen LogP contribution in [-0.2, 0) is 32.7 Å². The molecule has 0 aliphatic rings. The van der Waals surface area contributed by atoms with Gasteiger partial charge < -0.3 is 0 Å². The molecule has 15 heavy (non-hydrogen) atoms. The van der Waals surface area contributed by atoms with Gasteiger partial charge in [0, 0.05) is 45.1 Å². The Balaban J connectivity index is 0.000000853. The van der Waals surface area contributed by atoms with Crippen LogP contribution in [0, 0.1) is 6.07 Å². The van der Waals surface area contributed by atoms with Crippen molar-refractivity contribution in [2.24, 2.45) is 0 Å². The molecule has 0 saturated heterocycles. The fourth-order valence-corrected chi connectivity index (χ4v) is 1.41. The molecule has 0 atom stereocenters. The molecule has 3 rings (SSSR count). The fraction of sp³-hybridized carbons (Fsp3) is 0. The van der Waals surface area contributed by atoms with Gasteiger partial charge in [-0.3, -0.25) is 15.0 Å². The number of rotatable bonds is 0.